The monoisotopic (exact) mass is 821 g/mol. The van der Waals surface area contributed by atoms with Gasteiger partial charge in [-0.15, -0.1) is 11.3 Å². The summed E-state index contributed by atoms with van der Waals surface area (Å²) in [4.78, 5) is 32.9. The molecular weight excluding hydrogens is 763 g/mol. The Kier molecular flexibility index (Phi) is 8.15. The summed E-state index contributed by atoms with van der Waals surface area (Å²) in [6, 6.07) is 24.4. The van der Waals surface area contributed by atoms with E-state index in [-0.39, 0.29) is 46.5 Å². The summed E-state index contributed by atoms with van der Waals surface area (Å²) in [6.07, 6.45) is 19.2. The lowest BCUT2D eigenvalue weighted by Crippen LogP contribution is -2.67. The van der Waals surface area contributed by atoms with Crippen molar-refractivity contribution < 1.29 is 24.5 Å². The zero-order valence-corrected chi connectivity index (χ0v) is 36.0. The molecule has 1 amide bonds. The summed E-state index contributed by atoms with van der Waals surface area (Å²) < 4.78 is 7.46. The van der Waals surface area contributed by atoms with Crippen molar-refractivity contribution in [3.63, 3.8) is 0 Å². The van der Waals surface area contributed by atoms with Crippen LogP contribution < -0.4 is 4.74 Å². The van der Waals surface area contributed by atoms with Gasteiger partial charge in [0.25, 0.3) is 0 Å². The van der Waals surface area contributed by atoms with Crippen LogP contribution in [-0.2, 0) is 0 Å². The number of aliphatic hydroxyl groups excluding tert-OH is 1. The van der Waals surface area contributed by atoms with Crippen molar-refractivity contribution in [3.8, 4) is 5.75 Å². The molecular formula is C53H59NO5S. The van der Waals surface area contributed by atoms with Gasteiger partial charge in [-0.3, -0.25) is 4.79 Å². The van der Waals surface area contributed by atoms with Crippen molar-refractivity contribution in [1.82, 2.24) is 4.90 Å². The van der Waals surface area contributed by atoms with Crippen LogP contribution in [0.4, 0.5) is 4.79 Å². The van der Waals surface area contributed by atoms with E-state index < -0.39 is 22.5 Å². The van der Waals surface area contributed by atoms with Crippen LogP contribution in [0, 0.1) is 56.7 Å². The molecule has 0 radical (unpaired) electrons. The second kappa shape index (κ2) is 12.9. The maximum absolute atomic E-state index is 15.3. The third-order valence-electron chi connectivity index (χ3n) is 18.9. The predicted molar refractivity (Wildman–Crippen MR) is 237 cm³/mol. The van der Waals surface area contributed by atoms with Gasteiger partial charge < -0.3 is 19.8 Å². The number of hydrogen-bond donors (Lipinski definition) is 2. The van der Waals surface area contributed by atoms with Gasteiger partial charge in [0.05, 0.1) is 23.1 Å². The van der Waals surface area contributed by atoms with Crippen molar-refractivity contribution in [3.05, 3.63) is 101 Å². The molecule has 7 heteroatoms. The molecule has 8 atom stereocenters. The Bertz CT molecular complexity index is 2450. The Morgan fingerprint density at radius 1 is 0.750 bits per heavy atom. The van der Waals surface area contributed by atoms with E-state index in [9.17, 15) is 15.0 Å². The fourth-order valence-electron chi connectivity index (χ4n) is 16.6. The fourth-order valence-corrected chi connectivity index (χ4v) is 17.6. The molecule has 4 aromatic rings. The van der Waals surface area contributed by atoms with Crippen molar-refractivity contribution in [2.24, 2.45) is 56.7 Å². The van der Waals surface area contributed by atoms with E-state index in [1.807, 2.05) is 47.4 Å². The standard InChI is InChI=1S/C53H59NO5S/c1-48-16-13-39(55)29-51(48)19-20-53(41(30-51)46(56)43-25-38-9-5-6-10-42(38)60-43)44(48)14-17-49(2)45(53)15-18-52(49,58)32-54(31-50-26-33-21-34(27-50)23-35(22-33)28-50)47(57)59-40-12-11-36-7-3-4-8-37(36)24-40/h3-12,19-20,24-25,30,33-35,39,44-45,55,58H,13-18,21-23,26-29,31-32H2,1-2H3. The number of rotatable bonds is 7. The average Bonchev–Trinajstić information content (AvgIpc) is 3.78. The Morgan fingerprint density at radius 2 is 1.42 bits per heavy atom. The molecule has 0 saturated heterocycles. The number of hydrogen-bond acceptors (Lipinski definition) is 6. The first kappa shape index (κ1) is 37.9. The smallest absolute Gasteiger partial charge is 0.410 e. The summed E-state index contributed by atoms with van der Waals surface area (Å²) in [5, 5.41) is 28.0. The van der Waals surface area contributed by atoms with Gasteiger partial charge in [0.1, 0.15) is 5.75 Å². The molecule has 8 unspecified atom stereocenters. The second-order valence-corrected chi connectivity index (χ2v) is 23.0. The minimum Gasteiger partial charge on any atom is -0.410 e. The van der Waals surface area contributed by atoms with Gasteiger partial charge in [-0.05, 0) is 164 Å². The van der Waals surface area contributed by atoms with Crippen LogP contribution in [0.5, 0.6) is 5.75 Å². The molecule has 6 bridgehead atoms. The molecule has 1 aromatic heterocycles. The van der Waals surface area contributed by atoms with Crippen molar-refractivity contribution in [2.45, 2.75) is 109 Å². The predicted octanol–water partition coefficient (Wildman–Crippen LogP) is 11.5. The molecule has 1 heterocycles. The highest BCUT2D eigenvalue weighted by Gasteiger charge is 2.75. The van der Waals surface area contributed by atoms with E-state index in [0.29, 0.717) is 25.1 Å². The van der Waals surface area contributed by atoms with Crippen molar-refractivity contribution in [2.75, 3.05) is 13.1 Å². The lowest BCUT2D eigenvalue weighted by molar-refractivity contribution is -0.176. The Balaban J connectivity index is 0.925. The molecule has 7 fully saturated rings. The zero-order valence-electron chi connectivity index (χ0n) is 35.2. The normalized spacial score (nSPS) is 41.8. The SMILES string of the molecule is CC12CCC(O)CC13C=CC1(C(C(=O)c4cc5ccccc5s4)=C3)C2CCC2(C)C1CCC2(O)CN(CC12CC3CC(CC(C3)C1)C2)C(=O)Oc1ccc2ccccc2c1. The number of amides is 1. The third kappa shape index (κ3) is 5.24. The number of thiophene rings is 1. The van der Waals surface area contributed by atoms with Gasteiger partial charge in [-0.25, -0.2) is 4.79 Å². The topological polar surface area (TPSA) is 87.1 Å². The van der Waals surface area contributed by atoms with Gasteiger partial charge in [-0.1, -0.05) is 80.6 Å². The Morgan fingerprint density at radius 3 is 2.17 bits per heavy atom. The average molecular weight is 822 g/mol. The van der Waals surface area contributed by atoms with Crippen LogP contribution in [0.15, 0.2) is 96.6 Å². The van der Waals surface area contributed by atoms with Crippen LogP contribution in [0.1, 0.15) is 107 Å². The van der Waals surface area contributed by atoms with Gasteiger partial charge in [-0.2, -0.15) is 0 Å². The maximum Gasteiger partial charge on any atom is 0.415 e. The van der Waals surface area contributed by atoms with Gasteiger partial charge >= 0.3 is 6.09 Å². The molecule has 312 valence electrons. The lowest BCUT2D eigenvalue weighted by Gasteiger charge is -2.71. The second-order valence-electron chi connectivity index (χ2n) is 21.9. The first-order valence-corrected chi connectivity index (χ1v) is 24.0. The fraction of sp³-hybridized carbons (Fsp3) is 0.547. The Labute approximate surface area is 358 Å². The van der Waals surface area contributed by atoms with E-state index in [1.165, 1.54) is 19.3 Å². The molecule has 6 nitrogen and oxygen atoms in total. The van der Waals surface area contributed by atoms with Crippen LogP contribution in [0.25, 0.3) is 20.9 Å². The molecule has 10 aliphatic rings. The van der Waals surface area contributed by atoms with Crippen molar-refractivity contribution >= 4 is 44.1 Å². The third-order valence-corrected chi connectivity index (χ3v) is 20.0. The van der Waals surface area contributed by atoms with E-state index in [4.69, 9.17) is 4.74 Å². The quantitative estimate of drug-likeness (QED) is 0.143. The van der Waals surface area contributed by atoms with E-state index >= 15 is 4.79 Å². The summed E-state index contributed by atoms with van der Waals surface area (Å²) in [5.74, 6) is 3.08. The number of ether oxygens (including phenoxy) is 1. The molecule has 7 saturated carbocycles. The lowest BCUT2D eigenvalue weighted by atomic mass is 9.32. The Hall–Kier alpha value is -3.78. The minimum absolute atomic E-state index is 0.00876. The highest BCUT2D eigenvalue weighted by molar-refractivity contribution is 7.21. The van der Waals surface area contributed by atoms with Crippen LogP contribution in [-0.4, -0.2) is 51.8 Å². The number of fused-ring (bicyclic) bond motifs is 3. The van der Waals surface area contributed by atoms with Gasteiger partial charge in [0.2, 0.25) is 0 Å². The number of carbonyl (C=O) groups is 2. The molecule has 10 aliphatic carbocycles. The van der Waals surface area contributed by atoms with Gasteiger partial charge in [0, 0.05) is 33.1 Å². The van der Waals surface area contributed by atoms with E-state index in [0.717, 1.165) is 100 Å². The maximum atomic E-state index is 15.3. The number of Topliss-reactive ketones (excluding diaryl/α,β-unsaturated/α-hetero) is 1. The van der Waals surface area contributed by atoms with Crippen molar-refractivity contribution in [1.29, 1.82) is 0 Å². The number of carbonyl (C=O) groups excluding carboxylic acids is 2. The number of ketones is 1. The summed E-state index contributed by atoms with van der Waals surface area (Å²) in [6.45, 7) is 5.60. The number of nitrogens with zero attached hydrogens (tertiary/aromatic N) is 1. The highest BCUT2D eigenvalue weighted by Crippen LogP contribution is 2.78. The first-order chi connectivity index (χ1) is 28.8. The van der Waals surface area contributed by atoms with Gasteiger partial charge in [0.15, 0.2) is 5.78 Å². The first-order valence-electron chi connectivity index (χ1n) is 23.2. The molecule has 2 N–H and O–H groups in total. The minimum atomic E-state index is -1.17. The number of allylic oxidation sites excluding steroid dienone is 4. The summed E-state index contributed by atoms with van der Waals surface area (Å²) >= 11 is 1.58. The molecule has 60 heavy (non-hydrogen) atoms. The van der Waals surface area contributed by atoms with Crippen LogP contribution in [0.3, 0.4) is 0 Å². The molecule has 14 rings (SSSR count). The zero-order chi connectivity index (χ0) is 40.9. The highest BCUT2D eigenvalue weighted by atomic mass is 32.1. The molecule has 0 aliphatic heterocycles. The van der Waals surface area contributed by atoms with Crippen LogP contribution in [0.2, 0.25) is 0 Å². The number of aliphatic hydroxyl groups is 2. The van der Waals surface area contributed by atoms with E-state index in [1.54, 1.807) is 11.3 Å². The molecule has 2 spiro atoms. The van der Waals surface area contributed by atoms with E-state index in [2.05, 4.69) is 62.4 Å². The number of benzene rings is 3. The molecule has 3 aromatic carbocycles. The summed E-state index contributed by atoms with van der Waals surface area (Å²) in [7, 11) is 0. The largest absolute Gasteiger partial charge is 0.415 e. The summed E-state index contributed by atoms with van der Waals surface area (Å²) in [5.41, 5.74) is -1.83. The van der Waals surface area contributed by atoms with Crippen LogP contribution >= 0.6 is 11.3 Å².